The summed E-state index contributed by atoms with van der Waals surface area (Å²) in [5, 5.41) is 18.1. The number of nitrogens with zero attached hydrogens (tertiary/aromatic N) is 4. The number of nitrogens with one attached hydrogen (secondary N) is 1. The van der Waals surface area contributed by atoms with Crippen molar-refractivity contribution in [2.45, 2.75) is 64.3 Å². The van der Waals surface area contributed by atoms with Crippen molar-refractivity contribution in [1.82, 2.24) is 25.3 Å². The van der Waals surface area contributed by atoms with Crippen molar-refractivity contribution in [3.63, 3.8) is 0 Å². The SMILES string of the molecule is CC(C)(C)c1nnc(-c2nn(-c3ccc(Cl)cc3Cl)c(-c3ccc(Cl)cc3)c2C(=O)NC2CCCCC2)o1. The molecule has 1 fully saturated rings. The van der Waals surface area contributed by atoms with Gasteiger partial charge in [-0.25, -0.2) is 4.68 Å². The molecular formula is C28H28Cl3N5O2. The second kappa shape index (κ2) is 10.7. The summed E-state index contributed by atoms with van der Waals surface area (Å²) in [6, 6.07) is 12.4. The molecule has 0 spiro atoms. The van der Waals surface area contributed by atoms with Gasteiger partial charge in [-0.15, -0.1) is 10.2 Å². The second-order valence-corrected chi connectivity index (χ2v) is 11.8. The highest BCUT2D eigenvalue weighted by molar-refractivity contribution is 6.35. The third-order valence-electron chi connectivity index (χ3n) is 6.58. The zero-order valence-electron chi connectivity index (χ0n) is 21.4. The van der Waals surface area contributed by atoms with E-state index in [9.17, 15) is 4.79 Å². The fourth-order valence-electron chi connectivity index (χ4n) is 4.61. The molecule has 1 aliphatic carbocycles. The fraction of sp³-hybridized carbons (Fsp3) is 0.357. The molecule has 4 aromatic rings. The number of hydrogen-bond acceptors (Lipinski definition) is 5. The van der Waals surface area contributed by atoms with Crippen molar-refractivity contribution in [3.8, 4) is 28.5 Å². The maximum absolute atomic E-state index is 14.0. The quantitative estimate of drug-likeness (QED) is 0.263. The van der Waals surface area contributed by atoms with Crippen LogP contribution in [0.15, 0.2) is 46.9 Å². The largest absolute Gasteiger partial charge is 0.419 e. The molecule has 198 valence electrons. The molecule has 38 heavy (non-hydrogen) atoms. The van der Waals surface area contributed by atoms with E-state index in [0.717, 1.165) is 31.2 Å². The lowest BCUT2D eigenvalue weighted by molar-refractivity contribution is 0.0929. The van der Waals surface area contributed by atoms with E-state index in [1.807, 2.05) is 32.9 Å². The maximum Gasteiger partial charge on any atom is 0.269 e. The smallest absolute Gasteiger partial charge is 0.269 e. The Bertz CT molecular complexity index is 1460. The van der Waals surface area contributed by atoms with E-state index < -0.39 is 0 Å². The highest BCUT2D eigenvalue weighted by Gasteiger charge is 2.32. The Labute approximate surface area is 236 Å². The number of amides is 1. The lowest BCUT2D eigenvalue weighted by atomic mass is 9.95. The van der Waals surface area contributed by atoms with Crippen LogP contribution in [0.25, 0.3) is 28.5 Å². The van der Waals surface area contributed by atoms with E-state index in [1.54, 1.807) is 35.0 Å². The van der Waals surface area contributed by atoms with E-state index in [1.165, 1.54) is 6.42 Å². The van der Waals surface area contributed by atoms with Crippen LogP contribution in [0.3, 0.4) is 0 Å². The van der Waals surface area contributed by atoms with E-state index >= 15 is 0 Å². The summed E-state index contributed by atoms with van der Waals surface area (Å²) in [6.07, 6.45) is 5.21. The number of halogens is 3. The van der Waals surface area contributed by atoms with Crippen LogP contribution in [-0.4, -0.2) is 31.9 Å². The molecule has 0 aliphatic heterocycles. The molecule has 5 rings (SSSR count). The molecule has 1 saturated carbocycles. The van der Waals surface area contributed by atoms with Gasteiger partial charge in [0.1, 0.15) is 0 Å². The van der Waals surface area contributed by atoms with Gasteiger partial charge in [-0.3, -0.25) is 4.79 Å². The summed E-state index contributed by atoms with van der Waals surface area (Å²) in [7, 11) is 0. The zero-order chi connectivity index (χ0) is 27.0. The van der Waals surface area contributed by atoms with Crippen LogP contribution in [0, 0.1) is 0 Å². The van der Waals surface area contributed by atoms with Crippen LogP contribution in [0.4, 0.5) is 0 Å². The number of carbonyl (C=O) groups is 1. The molecule has 1 amide bonds. The normalized spacial score (nSPS) is 14.6. The molecule has 10 heteroatoms. The van der Waals surface area contributed by atoms with Crippen LogP contribution in [0.5, 0.6) is 0 Å². The Morgan fingerprint density at radius 2 is 1.66 bits per heavy atom. The summed E-state index contributed by atoms with van der Waals surface area (Å²) >= 11 is 19.0. The van der Waals surface area contributed by atoms with Gasteiger partial charge in [-0.05, 0) is 43.2 Å². The Balaban J connectivity index is 1.76. The van der Waals surface area contributed by atoms with Gasteiger partial charge < -0.3 is 9.73 Å². The standard InChI is InChI=1S/C28H28Cl3N5O2/c1-28(2,3)27-34-33-26(38-27)23-22(25(37)32-19-7-5-4-6-8-19)24(16-9-11-17(29)12-10-16)36(35-23)21-14-13-18(30)15-20(21)31/h9-15,19H,4-8H2,1-3H3,(H,32,37). The van der Waals surface area contributed by atoms with E-state index in [4.69, 9.17) is 44.3 Å². The number of benzene rings is 2. The second-order valence-electron chi connectivity index (χ2n) is 10.6. The number of carbonyl (C=O) groups excluding carboxylic acids is 1. The van der Waals surface area contributed by atoms with Crippen LogP contribution in [0.2, 0.25) is 15.1 Å². The first-order valence-corrected chi connectivity index (χ1v) is 13.7. The molecule has 0 atom stereocenters. The highest BCUT2D eigenvalue weighted by Crippen LogP contribution is 2.37. The molecule has 7 nitrogen and oxygen atoms in total. The number of rotatable bonds is 5. The van der Waals surface area contributed by atoms with Crippen molar-refractivity contribution < 1.29 is 9.21 Å². The number of aromatic nitrogens is 4. The van der Waals surface area contributed by atoms with Crippen molar-refractivity contribution >= 4 is 40.7 Å². The van der Waals surface area contributed by atoms with Crippen molar-refractivity contribution in [2.24, 2.45) is 0 Å². The molecule has 1 N–H and O–H groups in total. The average Bonchev–Trinajstić information content (AvgIpc) is 3.51. The third kappa shape index (κ3) is 5.46. The van der Waals surface area contributed by atoms with Gasteiger partial charge in [-0.1, -0.05) is 87.0 Å². The summed E-state index contributed by atoms with van der Waals surface area (Å²) < 4.78 is 7.70. The molecule has 0 unspecified atom stereocenters. The molecule has 2 aromatic carbocycles. The molecular weight excluding hydrogens is 545 g/mol. The Morgan fingerprint density at radius 3 is 2.29 bits per heavy atom. The first-order chi connectivity index (χ1) is 18.1. The Morgan fingerprint density at radius 1 is 0.974 bits per heavy atom. The minimum atomic E-state index is -0.378. The van der Waals surface area contributed by atoms with E-state index in [0.29, 0.717) is 37.9 Å². The van der Waals surface area contributed by atoms with Crippen molar-refractivity contribution in [3.05, 3.63) is 69.0 Å². The molecule has 2 heterocycles. The van der Waals surface area contributed by atoms with Gasteiger partial charge in [0.25, 0.3) is 11.8 Å². The van der Waals surface area contributed by atoms with Crippen LogP contribution < -0.4 is 5.32 Å². The van der Waals surface area contributed by atoms with Gasteiger partial charge in [-0.2, -0.15) is 5.10 Å². The van der Waals surface area contributed by atoms with Crippen LogP contribution in [0.1, 0.15) is 69.1 Å². The summed E-state index contributed by atoms with van der Waals surface area (Å²) in [4.78, 5) is 14.0. The molecule has 0 radical (unpaired) electrons. The Hall–Kier alpha value is -2.87. The number of hydrogen-bond donors (Lipinski definition) is 1. The molecule has 0 bridgehead atoms. The van der Waals surface area contributed by atoms with Gasteiger partial charge in [0.05, 0.1) is 22.0 Å². The topological polar surface area (TPSA) is 85.8 Å². The van der Waals surface area contributed by atoms with Gasteiger partial charge >= 0.3 is 0 Å². The van der Waals surface area contributed by atoms with Gasteiger partial charge in [0.15, 0.2) is 5.69 Å². The zero-order valence-corrected chi connectivity index (χ0v) is 23.7. The highest BCUT2D eigenvalue weighted by atomic mass is 35.5. The minimum Gasteiger partial charge on any atom is -0.419 e. The molecule has 0 saturated heterocycles. The Kier molecular flexibility index (Phi) is 7.54. The average molecular weight is 573 g/mol. The fourth-order valence-corrected chi connectivity index (χ4v) is 5.23. The lowest BCUT2D eigenvalue weighted by Crippen LogP contribution is -2.36. The predicted molar refractivity (Wildman–Crippen MR) is 150 cm³/mol. The van der Waals surface area contributed by atoms with Crippen LogP contribution >= 0.6 is 34.8 Å². The summed E-state index contributed by atoms with van der Waals surface area (Å²) in [6.45, 7) is 5.94. The molecule has 1 aliphatic rings. The minimum absolute atomic E-state index is 0.0810. The van der Waals surface area contributed by atoms with Crippen molar-refractivity contribution in [2.75, 3.05) is 0 Å². The van der Waals surface area contributed by atoms with E-state index in [-0.39, 0.29) is 28.9 Å². The first kappa shape index (κ1) is 26.7. The monoisotopic (exact) mass is 571 g/mol. The van der Waals surface area contributed by atoms with Gasteiger partial charge in [0.2, 0.25) is 5.89 Å². The summed E-state index contributed by atoms with van der Waals surface area (Å²) in [5.41, 5.74) is 2.03. The lowest BCUT2D eigenvalue weighted by Gasteiger charge is -2.23. The first-order valence-electron chi connectivity index (χ1n) is 12.6. The van der Waals surface area contributed by atoms with E-state index in [2.05, 4.69) is 15.5 Å². The maximum atomic E-state index is 14.0. The predicted octanol–water partition coefficient (Wildman–Crippen LogP) is 7.91. The van der Waals surface area contributed by atoms with Crippen molar-refractivity contribution in [1.29, 1.82) is 0 Å². The summed E-state index contributed by atoms with van der Waals surface area (Å²) in [5.74, 6) is 0.338. The van der Waals surface area contributed by atoms with Gasteiger partial charge in [0, 0.05) is 27.1 Å². The third-order valence-corrected chi connectivity index (χ3v) is 7.37. The van der Waals surface area contributed by atoms with Crippen LogP contribution in [-0.2, 0) is 5.41 Å². The molecule has 2 aromatic heterocycles.